The Kier molecular flexibility index (Phi) is 3.78. The lowest BCUT2D eigenvalue weighted by Crippen LogP contribution is -2.35. The smallest absolute Gasteiger partial charge is 0.314 e. The van der Waals surface area contributed by atoms with Gasteiger partial charge in [0, 0.05) is 19.1 Å². The summed E-state index contributed by atoms with van der Waals surface area (Å²) in [6.07, 6.45) is 5.22. The lowest BCUT2D eigenvalue weighted by atomic mass is 10.1. The van der Waals surface area contributed by atoms with Gasteiger partial charge in [-0.05, 0) is 32.6 Å². The van der Waals surface area contributed by atoms with Crippen molar-refractivity contribution in [3.63, 3.8) is 0 Å². The number of nitrogens with zero attached hydrogens (tertiary/aromatic N) is 3. The van der Waals surface area contributed by atoms with E-state index in [1.165, 1.54) is 5.06 Å². The first-order chi connectivity index (χ1) is 8.67. The molecule has 0 unspecified atom stereocenters. The Morgan fingerprint density at radius 2 is 2.17 bits per heavy atom. The number of hydrogen-bond acceptors (Lipinski definition) is 4. The van der Waals surface area contributed by atoms with E-state index >= 15 is 0 Å². The molecule has 1 aromatic rings. The van der Waals surface area contributed by atoms with Crippen molar-refractivity contribution in [2.24, 2.45) is 4.99 Å². The minimum absolute atomic E-state index is 0.0962. The van der Waals surface area contributed by atoms with Crippen LogP contribution in [0, 0.1) is 0 Å². The molecule has 1 aromatic heterocycles. The zero-order valence-corrected chi connectivity index (χ0v) is 10.5. The molecule has 0 bridgehead atoms. The van der Waals surface area contributed by atoms with Gasteiger partial charge >= 0.3 is 5.69 Å². The quantitative estimate of drug-likeness (QED) is 0.800. The van der Waals surface area contributed by atoms with Gasteiger partial charge in [0.1, 0.15) is 0 Å². The summed E-state index contributed by atoms with van der Waals surface area (Å²) in [5, 5.41) is 10.7. The predicted molar refractivity (Wildman–Crippen MR) is 70.6 cm³/mol. The molecule has 1 fully saturated rings. The Morgan fingerprint density at radius 1 is 1.50 bits per heavy atom. The molecular formula is C12H18N4O2. The lowest BCUT2D eigenvalue weighted by molar-refractivity contribution is -0.110. The molecular weight excluding hydrogens is 232 g/mol. The van der Waals surface area contributed by atoms with Crippen LogP contribution in [0.4, 0.5) is 5.82 Å². The Balaban J connectivity index is 2.40. The number of allylic oxidation sites excluding steroid dienone is 1. The number of piperidine rings is 1. The molecule has 1 aliphatic heterocycles. The van der Waals surface area contributed by atoms with Crippen molar-refractivity contribution in [2.75, 3.05) is 13.1 Å². The van der Waals surface area contributed by atoms with Gasteiger partial charge < -0.3 is 5.21 Å². The van der Waals surface area contributed by atoms with Crippen LogP contribution in [0.15, 0.2) is 15.9 Å². The van der Waals surface area contributed by atoms with Gasteiger partial charge in [-0.25, -0.2) is 9.79 Å². The first-order valence-corrected chi connectivity index (χ1v) is 6.05. The molecule has 2 N–H and O–H groups in total. The van der Waals surface area contributed by atoms with Crippen molar-refractivity contribution in [2.45, 2.75) is 25.8 Å². The minimum Gasteiger partial charge on any atom is -0.314 e. The first-order valence-electron chi connectivity index (χ1n) is 6.05. The van der Waals surface area contributed by atoms with E-state index in [1.807, 2.05) is 19.1 Å². The third kappa shape index (κ3) is 2.30. The molecule has 1 aliphatic rings. The summed E-state index contributed by atoms with van der Waals surface area (Å²) in [5.74, 6) is 0.504. The molecule has 0 atom stereocenters. The molecule has 18 heavy (non-hydrogen) atoms. The number of imidazole rings is 1. The number of rotatable bonds is 3. The van der Waals surface area contributed by atoms with Gasteiger partial charge in [-0.2, -0.15) is 5.06 Å². The highest BCUT2D eigenvalue weighted by molar-refractivity contribution is 5.59. The number of H-pyrrole nitrogens is 1. The highest BCUT2D eigenvalue weighted by Crippen LogP contribution is 2.26. The summed E-state index contributed by atoms with van der Waals surface area (Å²) in [6.45, 7) is 6.52. The maximum atomic E-state index is 12.0. The van der Waals surface area contributed by atoms with Gasteiger partial charge in [0.2, 0.25) is 0 Å². The van der Waals surface area contributed by atoms with Crippen LogP contribution < -0.4 is 5.69 Å². The summed E-state index contributed by atoms with van der Waals surface area (Å²) in [7, 11) is 0. The van der Waals surface area contributed by atoms with E-state index in [0.717, 1.165) is 18.5 Å². The van der Waals surface area contributed by atoms with Crippen molar-refractivity contribution in [3.8, 4) is 0 Å². The fraction of sp³-hybridized carbons (Fsp3) is 0.500. The molecule has 6 nitrogen and oxygen atoms in total. The fourth-order valence-electron chi connectivity index (χ4n) is 2.36. The van der Waals surface area contributed by atoms with Crippen molar-refractivity contribution < 1.29 is 5.21 Å². The fourth-order valence-corrected chi connectivity index (χ4v) is 2.36. The van der Waals surface area contributed by atoms with E-state index in [4.69, 9.17) is 0 Å². The first kappa shape index (κ1) is 12.8. The van der Waals surface area contributed by atoms with Gasteiger partial charge in [0.25, 0.3) is 0 Å². The molecule has 0 aliphatic carbocycles. The minimum atomic E-state index is -0.165. The third-order valence-electron chi connectivity index (χ3n) is 3.23. The largest absolute Gasteiger partial charge is 0.327 e. The lowest BCUT2D eigenvalue weighted by Gasteiger charge is -2.28. The van der Waals surface area contributed by atoms with Gasteiger partial charge in [-0.3, -0.25) is 9.55 Å². The Labute approximate surface area is 105 Å². The SMILES string of the molecule is C=Nc1[nH]c(=O)n(C2CCN(O)CC2)c1/C=C\C. The predicted octanol–water partition coefficient (Wildman–Crippen LogP) is 1.57. The summed E-state index contributed by atoms with van der Waals surface area (Å²) >= 11 is 0. The van der Waals surface area contributed by atoms with Crippen LogP contribution >= 0.6 is 0 Å². The Hall–Kier alpha value is -1.66. The second-order valence-electron chi connectivity index (χ2n) is 4.38. The molecule has 98 valence electrons. The molecule has 1 saturated heterocycles. The van der Waals surface area contributed by atoms with Gasteiger partial charge in [0.15, 0.2) is 5.82 Å². The number of aliphatic imine (C=N–C) groups is 1. The van der Waals surface area contributed by atoms with E-state index in [2.05, 4.69) is 16.7 Å². The van der Waals surface area contributed by atoms with Gasteiger partial charge in [-0.15, -0.1) is 0 Å². The molecule has 0 saturated carbocycles. The summed E-state index contributed by atoms with van der Waals surface area (Å²) in [4.78, 5) is 18.5. The number of nitrogens with one attached hydrogen (secondary N) is 1. The molecule has 2 rings (SSSR count). The number of hydroxylamine groups is 2. The van der Waals surface area contributed by atoms with Crippen LogP contribution in [-0.4, -0.2) is 39.6 Å². The molecule has 0 radical (unpaired) electrons. The van der Waals surface area contributed by atoms with Crippen LogP contribution in [0.25, 0.3) is 6.08 Å². The maximum Gasteiger partial charge on any atom is 0.327 e. The third-order valence-corrected chi connectivity index (χ3v) is 3.23. The van der Waals surface area contributed by atoms with Crippen molar-refractivity contribution in [3.05, 3.63) is 22.3 Å². The van der Waals surface area contributed by atoms with Crippen LogP contribution in [0.5, 0.6) is 0 Å². The Morgan fingerprint density at radius 3 is 2.72 bits per heavy atom. The number of aromatic nitrogens is 2. The molecule has 0 spiro atoms. The second kappa shape index (κ2) is 5.32. The van der Waals surface area contributed by atoms with Crippen LogP contribution in [0.1, 0.15) is 31.5 Å². The van der Waals surface area contributed by atoms with Crippen LogP contribution in [0.3, 0.4) is 0 Å². The zero-order chi connectivity index (χ0) is 13.1. The summed E-state index contributed by atoms with van der Waals surface area (Å²) in [6, 6.07) is 0.0962. The average Bonchev–Trinajstić information content (AvgIpc) is 2.68. The van der Waals surface area contributed by atoms with Crippen LogP contribution in [0.2, 0.25) is 0 Å². The summed E-state index contributed by atoms with van der Waals surface area (Å²) in [5.41, 5.74) is 0.593. The van der Waals surface area contributed by atoms with Gasteiger partial charge in [0.05, 0.1) is 5.69 Å². The van der Waals surface area contributed by atoms with Gasteiger partial charge in [-0.1, -0.05) is 6.08 Å². The molecule has 0 amide bonds. The standard InChI is InChI=1S/C12H18N4O2/c1-3-4-10-11(13-2)14-12(17)16(10)9-5-7-15(18)8-6-9/h3-4,9,18H,2,5-8H2,1H3,(H,14,17)/b4-3-. The van der Waals surface area contributed by atoms with E-state index in [9.17, 15) is 10.0 Å². The van der Waals surface area contributed by atoms with Crippen molar-refractivity contribution in [1.82, 2.24) is 14.6 Å². The highest BCUT2D eigenvalue weighted by Gasteiger charge is 2.24. The molecule has 0 aromatic carbocycles. The molecule has 6 heteroatoms. The second-order valence-corrected chi connectivity index (χ2v) is 4.38. The topological polar surface area (TPSA) is 73.6 Å². The Bertz CT molecular complexity index is 507. The van der Waals surface area contributed by atoms with E-state index < -0.39 is 0 Å². The van der Waals surface area contributed by atoms with E-state index in [0.29, 0.717) is 18.9 Å². The van der Waals surface area contributed by atoms with Crippen molar-refractivity contribution in [1.29, 1.82) is 0 Å². The number of aromatic amines is 1. The summed E-state index contributed by atoms with van der Waals surface area (Å²) < 4.78 is 1.72. The maximum absolute atomic E-state index is 12.0. The van der Waals surface area contributed by atoms with E-state index in [-0.39, 0.29) is 11.7 Å². The molecule has 2 heterocycles. The zero-order valence-electron chi connectivity index (χ0n) is 10.5. The average molecular weight is 250 g/mol. The number of hydrogen-bond donors (Lipinski definition) is 2. The highest BCUT2D eigenvalue weighted by atomic mass is 16.5. The monoisotopic (exact) mass is 250 g/mol. The van der Waals surface area contributed by atoms with E-state index in [1.54, 1.807) is 4.57 Å². The van der Waals surface area contributed by atoms with Crippen LogP contribution in [-0.2, 0) is 0 Å². The van der Waals surface area contributed by atoms with Crippen molar-refractivity contribution >= 4 is 18.6 Å². The normalized spacial score (nSPS) is 18.6.